The number of carbonyl (C=O) groups excluding carboxylic acids is 1. The quantitative estimate of drug-likeness (QED) is 0.734. The van der Waals surface area contributed by atoms with Crippen molar-refractivity contribution in [3.05, 3.63) is 29.8 Å². The first kappa shape index (κ1) is 11.0. The van der Waals surface area contributed by atoms with E-state index in [-0.39, 0.29) is 12.0 Å². The third kappa shape index (κ3) is 2.52. The first-order valence-corrected chi connectivity index (χ1v) is 5.41. The van der Waals surface area contributed by atoms with Gasteiger partial charge in [-0.3, -0.25) is 4.79 Å². The molecule has 0 radical (unpaired) electrons. The molecule has 0 bridgehead atoms. The van der Waals surface area contributed by atoms with Crippen molar-refractivity contribution in [2.24, 2.45) is 0 Å². The zero-order chi connectivity index (χ0) is 11.4. The van der Waals surface area contributed by atoms with E-state index in [2.05, 4.69) is 21.4 Å². The van der Waals surface area contributed by atoms with Crippen LogP contribution in [0.5, 0.6) is 0 Å². The van der Waals surface area contributed by atoms with Crippen LogP contribution in [0.4, 0.5) is 5.69 Å². The molecule has 0 fully saturated rings. The van der Waals surface area contributed by atoms with Gasteiger partial charge in [0.05, 0.1) is 13.5 Å². The summed E-state index contributed by atoms with van der Waals surface area (Å²) in [7, 11) is 1.42. The molecule has 0 spiro atoms. The van der Waals surface area contributed by atoms with Gasteiger partial charge in [-0.15, -0.1) is 0 Å². The SMILES string of the molecule is COC(=O)CC1CNCc2ccccc2N1. The maximum atomic E-state index is 11.2. The molecule has 0 aliphatic carbocycles. The molecular formula is C12H16N2O2. The lowest BCUT2D eigenvalue weighted by Crippen LogP contribution is -2.32. The van der Waals surface area contributed by atoms with Crippen LogP contribution in [-0.4, -0.2) is 25.7 Å². The average molecular weight is 220 g/mol. The fourth-order valence-corrected chi connectivity index (χ4v) is 1.87. The molecule has 0 amide bonds. The van der Waals surface area contributed by atoms with E-state index in [1.54, 1.807) is 0 Å². The number of rotatable bonds is 2. The Morgan fingerprint density at radius 1 is 1.50 bits per heavy atom. The topological polar surface area (TPSA) is 50.4 Å². The van der Waals surface area contributed by atoms with E-state index in [1.165, 1.54) is 12.7 Å². The largest absolute Gasteiger partial charge is 0.469 e. The second kappa shape index (κ2) is 4.99. The summed E-state index contributed by atoms with van der Waals surface area (Å²) >= 11 is 0. The highest BCUT2D eigenvalue weighted by Crippen LogP contribution is 2.19. The summed E-state index contributed by atoms with van der Waals surface area (Å²) in [5.74, 6) is -0.182. The molecule has 1 heterocycles. The molecule has 4 heteroatoms. The monoisotopic (exact) mass is 220 g/mol. The van der Waals surface area contributed by atoms with Crippen molar-refractivity contribution in [3.63, 3.8) is 0 Å². The Hall–Kier alpha value is -1.55. The molecule has 4 nitrogen and oxygen atoms in total. The number of carbonyl (C=O) groups is 1. The molecule has 1 aliphatic heterocycles. The van der Waals surface area contributed by atoms with Gasteiger partial charge in [0.15, 0.2) is 0 Å². The second-order valence-corrected chi connectivity index (χ2v) is 3.91. The zero-order valence-corrected chi connectivity index (χ0v) is 9.32. The third-order valence-corrected chi connectivity index (χ3v) is 2.72. The minimum atomic E-state index is -0.182. The van der Waals surface area contributed by atoms with Gasteiger partial charge in [-0.05, 0) is 11.6 Å². The molecule has 0 saturated heterocycles. The van der Waals surface area contributed by atoms with Crippen LogP contribution in [0.15, 0.2) is 24.3 Å². The maximum Gasteiger partial charge on any atom is 0.307 e. The smallest absolute Gasteiger partial charge is 0.307 e. The van der Waals surface area contributed by atoms with Crippen LogP contribution in [-0.2, 0) is 16.1 Å². The van der Waals surface area contributed by atoms with E-state index >= 15 is 0 Å². The number of ether oxygens (including phenoxy) is 1. The Balaban J connectivity index is 2.07. The lowest BCUT2D eigenvalue weighted by Gasteiger charge is -2.16. The van der Waals surface area contributed by atoms with Crippen molar-refractivity contribution in [2.75, 3.05) is 19.0 Å². The molecule has 16 heavy (non-hydrogen) atoms. The van der Waals surface area contributed by atoms with E-state index in [4.69, 9.17) is 0 Å². The second-order valence-electron chi connectivity index (χ2n) is 3.91. The molecule has 0 saturated carbocycles. The Kier molecular flexibility index (Phi) is 3.41. The van der Waals surface area contributed by atoms with E-state index in [9.17, 15) is 4.79 Å². The fraction of sp³-hybridized carbons (Fsp3) is 0.417. The van der Waals surface area contributed by atoms with Crippen LogP contribution >= 0.6 is 0 Å². The number of benzene rings is 1. The van der Waals surface area contributed by atoms with Gasteiger partial charge in [0.1, 0.15) is 0 Å². The minimum Gasteiger partial charge on any atom is -0.469 e. The minimum absolute atomic E-state index is 0.0936. The fourth-order valence-electron chi connectivity index (χ4n) is 1.87. The molecule has 1 aliphatic rings. The van der Waals surface area contributed by atoms with Crippen molar-refractivity contribution in [1.82, 2.24) is 5.32 Å². The first-order chi connectivity index (χ1) is 7.79. The van der Waals surface area contributed by atoms with Gasteiger partial charge in [0.25, 0.3) is 0 Å². The van der Waals surface area contributed by atoms with Gasteiger partial charge in [-0.1, -0.05) is 18.2 Å². The van der Waals surface area contributed by atoms with E-state index in [0.29, 0.717) is 6.42 Å². The van der Waals surface area contributed by atoms with Crippen LogP contribution < -0.4 is 10.6 Å². The lowest BCUT2D eigenvalue weighted by molar-refractivity contribution is -0.140. The van der Waals surface area contributed by atoms with Crippen molar-refractivity contribution < 1.29 is 9.53 Å². The summed E-state index contributed by atoms with van der Waals surface area (Å²) in [6.45, 7) is 1.60. The van der Waals surface area contributed by atoms with Crippen molar-refractivity contribution in [3.8, 4) is 0 Å². The van der Waals surface area contributed by atoms with E-state index < -0.39 is 0 Å². The van der Waals surface area contributed by atoms with E-state index in [1.807, 2.05) is 18.2 Å². The zero-order valence-electron chi connectivity index (χ0n) is 9.32. The summed E-state index contributed by atoms with van der Waals surface area (Å²) in [6.07, 6.45) is 0.387. The molecule has 1 atom stereocenters. The molecule has 1 unspecified atom stereocenters. The number of para-hydroxylation sites is 1. The highest BCUT2D eigenvalue weighted by atomic mass is 16.5. The van der Waals surface area contributed by atoms with Crippen LogP contribution in [0.2, 0.25) is 0 Å². The third-order valence-electron chi connectivity index (χ3n) is 2.72. The number of methoxy groups -OCH3 is 1. The molecule has 1 aromatic rings. The average Bonchev–Trinajstić information content (AvgIpc) is 2.50. The Labute approximate surface area is 95.0 Å². The van der Waals surface area contributed by atoms with Crippen LogP contribution in [0.1, 0.15) is 12.0 Å². The maximum absolute atomic E-state index is 11.2. The van der Waals surface area contributed by atoms with Gasteiger partial charge in [-0.25, -0.2) is 0 Å². The van der Waals surface area contributed by atoms with E-state index in [0.717, 1.165) is 18.8 Å². The van der Waals surface area contributed by atoms with Crippen LogP contribution in [0.25, 0.3) is 0 Å². The molecule has 2 rings (SSSR count). The van der Waals surface area contributed by atoms with Crippen molar-refractivity contribution in [1.29, 1.82) is 0 Å². The van der Waals surface area contributed by atoms with Gasteiger partial charge in [0.2, 0.25) is 0 Å². The predicted molar refractivity (Wildman–Crippen MR) is 62.2 cm³/mol. The number of nitrogens with one attached hydrogen (secondary N) is 2. The Morgan fingerprint density at radius 3 is 3.12 bits per heavy atom. The molecule has 86 valence electrons. The Bertz CT molecular complexity index is 379. The molecule has 2 N–H and O–H groups in total. The number of hydrogen-bond acceptors (Lipinski definition) is 4. The summed E-state index contributed by atoms with van der Waals surface area (Å²) in [6, 6.07) is 8.22. The normalized spacial score (nSPS) is 19.2. The number of fused-ring (bicyclic) bond motifs is 1. The summed E-state index contributed by atoms with van der Waals surface area (Å²) < 4.78 is 4.68. The number of esters is 1. The van der Waals surface area contributed by atoms with Crippen molar-refractivity contribution >= 4 is 11.7 Å². The van der Waals surface area contributed by atoms with Gasteiger partial charge in [0, 0.05) is 24.8 Å². The lowest BCUT2D eigenvalue weighted by atomic mass is 10.1. The van der Waals surface area contributed by atoms with Gasteiger partial charge in [-0.2, -0.15) is 0 Å². The highest BCUT2D eigenvalue weighted by Gasteiger charge is 2.17. The van der Waals surface area contributed by atoms with Crippen LogP contribution in [0.3, 0.4) is 0 Å². The summed E-state index contributed by atoms with van der Waals surface area (Å²) in [5.41, 5.74) is 2.33. The molecule has 0 aromatic heterocycles. The van der Waals surface area contributed by atoms with Crippen molar-refractivity contribution in [2.45, 2.75) is 19.0 Å². The van der Waals surface area contributed by atoms with Gasteiger partial charge < -0.3 is 15.4 Å². The first-order valence-electron chi connectivity index (χ1n) is 5.41. The number of anilines is 1. The summed E-state index contributed by atoms with van der Waals surface area (Å²) in [5, 5.41) is 6.67. The Morgan fingerprint density at radius 2 is 2.31 bits per heavy atom. The number of hydrogen-bond donors (Lipinski definition) is 2. The standard InChI is InChI=1S/C12H16N2O2/c1-16-12(15)6-10-8-13-7-9-4-2-3-5-11(9)14-10/h2-5,10,13-14H,6-8H2,1H3. The highest BCUT2D eigenvalue weighted by molar-refractivity contribution is 5.71. The summed E-state index contributed by atoms with van der Waals surface area (Å²) in [4.78, 5) is 11.2. The molecule has 1 aromatic carbocycles. The van der Waals surface area contributed by atoms with Gasteiger partial charge >= 0.3 is 5.97 Å². The molecular weight excluding hydrogens is 204 g/mol. The van der Waals surface area contributed by atoms with Crippen LogP contribution in [0, 0.1) is 0 Å². The predicted octanol–water partition coefficient (Wildman–Crippen LogP) is 1.13.